The van der Waals surface area contributed by atoms with Crippen LogP contribution < -0.4 is 5.32 Å². The number of benzene rings is 1. The summed E-state index contributed by atoms with van der Waals surface area (Å²) in [5, 5.41) is 4.04. The van der Waals surface area contributed by atoms with Gasteiger partial charge in [0.1, 0.15) is 0 Å². The number of hydrogen-bond acceptors (Lipinski definition) is 3. The van der Waals surface area contributed by atoms with Gasteiger partial charge in [-0.05, 0) is 24.3 Å². The molecule has 1 aromatic carbocycles. The Kier molecular flexibility index (Phi) is 3.79. The highest BCUT2D eigenvalue weighted by molar-refractivity contribution is 9.10. The SMILES string of the molecule is O=C(NC1C=CS(=O)(=O)C1)c1cc(Br)ccc1Cl. The highest BCUT2D eigenvalue weighted by Crippen LogP contribution is 2.21. The van der Waals surface area contributed by atoms with Gasteiger partial charge in [0.25, 0.3) is 5.91 Å². The molecule has 1 aliphatic rings. The fraction of sp³-hybridized carbons (Fsp3) is 0.182. The first-order valence-corrected chi connectivity index (χ1v) is 7.93. The minimum Gasteiger partial charge on any atom is -0.345 e. The smallest absolute Gasteiger partial charge is 0.253 e. The number of halogens is 2. The normalized spacial score (nSPS) is 20.9. The van der Waals surface area contributed by atoms with Gasteiger partial charge in [0.15, 0.2) is 9.84 Å². The average Bonchev–Trinajstić information content (AvgIpc) is 2.61. The van der Waals surface area contributed by atoms with Crippen LogP contribution in [0.15, 0.2) is 34.2 Å². The molecule has 96 valence electrons. The quantitative estimate of drug-likeness (QED) is 0.889. The predicted molar refractivity (Wildman–Crippen MR) is 73.3 cm³/mol. The molecular weight excluding hydrogens is 342 g/mol. The monoisotopic (exact) mass is 349 g/mol. The van der Waals surface area contributed by atoms with E-state index in [0.717, 1.165) is 9.88 Å². The number of rotatable bonds is 2. The molecule has 18 heavy (non-hydrogen) atoms. The average molecular weight is 351 g/mol. The molecule has 2 rings (SSSR count). The van der Waals surface area contributed by atoms with Crippen molar-refractivity contribution < 1.29 is 13.2 Å². The molecule has 0 saturated heterocycles. The van der Waals surface area contributed by atoms with Gasteiger partial charge in [0.2, 0.25) is 0 Å². The summed E-state index contributed by atoms with van der Waals surface area (Å²) in [6.07, 6.45) is 1.46. The molecule has 1 unspecified atom stereocenters. The van der Waals surface area contributed by atoms with Crippen LogP contribution in [0.2, 0.25) is 5.02 Å². The van der Waals surface area contributed by atoms with Crippen LogP contribution in [0.25, 0.3) is 0 Å². The molecule has 0 bridgehead atoms. The van der Waals surface area contributed by atoms with E-state index >= 15 is 0 Å². The van der Waals surface area contributed by atoms with E-state index in [0.29, 0.717) is 10.6 Å². The zero-order valence-electron chi connectivity index (χ0n) is 9.06. The first kappa shape index (κ1) is 13.6. The second-order valence-electron chi connectivity index (χ2n) is 3.86. The molecule has 0 fully saturated rings. The van der Waals surface area contributed by atoms with E-state index in [-0.39, 0.29) is 5.75 Å². The first-order chi connectivity index (χ1) is 8.37. The second-order valence-corrected chi connectivity index (χ2v) is 7.12. The highest BCUT2D eigenvalue weighted by atomic mass is 79.9. The van der Waals surface area contributed by atoms with E-state index in [9.17, 15) is 13.2 Å². The molecule has 1 heterocycles. The van der Waals surface area contributed by atoms with Crippen LogP contribution in [0.3, 0.4) is 0 Å². The molecule has 0 aromatic heterocycles. The van der Waals surface area contributed by atoms with Crippen molar-refractivity contribution in [1.82, 2.24) is 5.32 Å². The third-order valence-corrected chi connectivity index (χ3v) is 4.64. The van der Waals surface area contributed by atoms with Crippen LogP contribution in [0.4, 0.5) is 0 Å². The van der Waals surface area contributed by atoms with Crippen LogP contribution in [0.1, 0.15) is 10.4 Å². The van der Waals surface area contributed by atoms with E-state index < -0.39 is 21.8 Å². The van der Waals surface area contributed by atoms with Gasteiger partial charge in [-0.25, -0.2) is 8.42 Å². The van der Waals surface area contributed by atoms with Gasteiger partial charge in [-0.1, -0.05) is 27.5 Å². The Labute approximate surface area is 118 Å². The van der Waals surface area contributed by atoms with Crippen LogP contribution in [0, 0.1) is 0 Å². The third kappa shape index (κ3) is 3.13. The van der Waals surface area contributed by atoms with Gasteiger partial charge in [0.05, 0.1) is 22.4 Å². The van der Waals surface area contributed by atoms with Crippen LogP contribution in [0.5, 0.6) is 0 Å². The summed E-state index contributed by atoms with van der Waals surface area (Å²) in [6, 6.07) is 4.41. The van der Waals surface area contributed by atoms with Crippen molar-refractivity contribution in [3.05, 3.63) is 44.7 Å². The summed E-state index contributed by atoms with van der Waals surface area (Å²) < 4.78 is 23.1. The van der Waals surface area contributed by atoms with E-state index in [1.165, 1.54) is 6.08 Å². The number of sulfone groups is 1. The lowest BCUT2D eigenvalue weighted by Crippen LogP contribution is -2.35. The van der Waals surface area contributed by atoms with Gasteiger partial charge in [-0.2, -0.15) is 0 Å². The van der Waals surface area contributed by atoms with E-state index in [2.05, 4.69) is 21.2 Å². The minimum atomic E-state index is -3.18. The maximum Gasteiger partial charge on any atom is 0.253 e. The zero-order chi connectivity index (χ0) is 13.3. The number of amides is 1. The number of carbonyl (C=O) groups excluding carboxylic acids is 1. The molecule has 0 spiro atoms. The summed E-state index contributed by atoms with van der Waals surface area (Å²) in [4.78, 5) is 11.9. The van der Waals surface area contributed by atoms with Crippen LogP contribution in [-0.4, -0.2) is 26.1 Å². The largest absolute Gasteiger partial charge is 0.345 e. The molecule has 1 amide bonds. The molecule has 0 aliphatic carbocycles. The van der Waals surface area contributed by atoms with Gasteiger partial charge in [0, 0.05) is 9.88 Å². The van der Waals surface area contributed by atoms with E-state index in [1.807, 2.05) is 0 Å². The lowest BCUT2D eigenvalue weighted by molar-refractivity contribution is 0.0948. The Hall–Kier alpha value is -0.850. The molecule has 1 atom stereocenters. The summed E-state index contributed by atoms with van der Waals surface area (Å²) in [7, 11) is -3.18. The van der Waals surface area contributed by atoms with Gasteiger partial charge >= 0.3 is 0 Å². The molecule has 7 heteroatoms. The summed E-state index contributed by atoms with van der Waals surface area (Å²) in [5.74, 6) is -0.502. The minimum absolute atomic E-state index is 0.107. The summed E-state index contributed by atoms with van der Waals surface area (Å²) in [5.41, 5.74) is 0.309. The predicted octanol–water partition coefficient (Wildman–Crippen LogP) is 2.14. The van der Waals surface area contributed by atoms with Crippen molar-refractivity contribution in [2.24, 2.45) is 0 Å². The number of carbonyl (C=O) groups is 1. The maximum absolute atomic E-state index is 11.9. The molecule has 4 nitrogen and oxygen atoms in total. The molecule has 0 saturated carbocycles. The standard InChI is InChI=1S/C11H9BrClNO3S/c12-7-1-2-10(13)9(5-7)11(15)14-8-3-4-18(16,17)6-8/h1-5,8H,6H2,(H,14,15). The molecule has 0 radical (unpaired) electrons. The second kappa shape index (κ2) is 5.03. The lowest BCUT2D eigenvalue weighted by atomic mass is 10.2. The van der Waals surface area contributed by atoms with E-state index in [4.69, 9.17) is 11.6 Å². The van der Waals surface area contributed by atoms with Crippen LogP contribution in [-0.2, 0) is 9.84 Å². The zero-order valence-corrected chi connectivity index (χ0v) is 12.2. The molecule has 1 aliphatic heterocycles. The molecule has 1 N–H and O–H groups in total. The Bertz CT molecular complexity index is 627. The maximum atomic E-state index is 11.9. The lowest BCUT2D eigenvalue weighted by Gasteiger charge is -2.11. The van der Waals surface area contributed by atoms with Gasteiger partial charge in [-0.3, -0.25) is 4.79 Å². The third-order valence-electron chi connectivity index (χ3n) is 2.42. The Morgan fingerprint density at radius 2 is 2.17 bits per heavy atom. The fourth-order valence-corrected chi connectivity index (χ4v) is 3.38. The number of hydrogen-bond donors (Lipinski definition) is 1. The first-order valence-electron chi connectivity index (χ1n) is 5.04. The molecular formula is C11H9BrClNO3S. The topological polar surface area (TPSA) is 63.2 Å². The van der Waals surface area contributed by atoms with E-state index in [1.54, 1.807) is 18.2 Å². The highest BCUT2D eigenvalue weighted by Gasteiger charge is 2.24. The Morgan fingerprint density at radius 1 is 1.44 bits per heavy atom. The summed E-state index contributed by atoms with van der Waals surface area (Å²) in [6.45, 7) is 0. The van der Waals surface area contributed by atoms with Crippen LogP contribution >= 0.6 is 27.5 Å². The fourth-order valence-electron chi connectivity index (χ4n) is 1.58. The Morgan fingerprint density at radius 3 is 2.78 bits per heavy atom. The van der Waals surface area contributed by atoms with Crippen molar-refractivity contribution in [3.8, 4) is 0 Å². The van der Waals surface area contributed by atoms with Gasteiger partial charge in [-0.15, -0.1) is 0 Å². The summed E-state index contributed by atoms with van der Waals surface area (Å²) >= 11 is 9.16. The van der Waals surface area contributed by atoms with Gasteiger partial charge < -0.3 is 5.32 Å². The molecule has 1 aromatic rings. The van der Waals surface area contributed by atoms with Crippen molar-refractivity contribution >= 4 is 43.3 Å². The number of nitrogens with one attached hydrogen (secondary N) is 1. The Balaban J connectivity index is 2.14. The van der Waals surface area contributed by atoms with Crippen molar-refractivity contribution in [2.45, 2.75) is 6.04 Å². The van der Waals surface area contributed by atoms with Crippen molar-refractivity contribution in [1.29, 1.82) is 0 Å². The van der Waals surface area contributed by atoms with Crippen molar-refractivity contribution in [3.63, 3.8) is 0 Å². The van der Waals surface area contributed by atoms with Crippen molar-refractivity contribution in [2.75, 3.05) is 5.75 Å².